The fraction of sp³-hybridized carbons (Fsp3) is 0.588. The Morgan fingerprint density at radius 2 is 2.29 bits per heavy atom. The molecule has 0 aromatic heterocycles. The molecule has 0 aliphatic carbocycles. The van der Waals surface area contributed by atoms with Gasteiger partial charge in [0.15, 0.2) is 6.79 Å². The number of likely N-dealkylation sites (N-methyl/N-ethyl adjacent to an activating group) is 1. The van der Waals surface area contributed by atoms with Gasteiger partial charge >= 0.3 is 0 Å². The van der Waals surface area contributed by atoms with Crippen LogP contribution in [0.2, 0.25) is 0 Å². The topological polar surface area (TPSA) is 51.2 Å². The van der Waals surface area contributed by atoms with Gasteiger partial charge in [0.05, 0.1) is 25.9 Å². The standard InChI is InChI=1S/C17H23FN2O4/c1-12-7-20(3-4-23-12)16(21)9-19(2)8-13-5-15(18)6-14-10-22-11-24-17(13)14/h5-6,12H,3-4,7-11H2,1-2H3/t12-/m1/s1. The van der Waals surface area contributed by atoms with Gasteiger partial charge in [-0.15, -0.1) is 0 Å². The van der Waals surface area contributed by atoms with Crippen molar-refractivity contribution in [3.8, 4) is 5.75 Å². The van der Waals surface area contributed by atoms with Crippen LogP contribution < -0.4 is 4.74 Å². The third kappa shape index (κ3) is 4.03. The minimum absolute atomic E-state index is 0.0576. The fourth-order valence-corrected chi connectivity index (χ4v) is 3.10. The zero-order valence-electron chi connectivity index (χ0n) is 14.1. The van der Waals surface area contributed by atoms with Crippen molar-refractivity contribution in [1.82, 2.24) is 9.80 Å². The molecule has 132 valence electrons. The first kappa shape index (κ1) is 17.1. The Morgan fingerprint density at radius 3 is 3.08 bits per heavy atom. The van der Waals surface area contributed by atoms with Gasteiger partial charge in [0.25, 0.3) is 0 Å². The van der Waals surface area contributed by atoms with Crippen molar-refractivity contribution < 1.29 is 23.4 Å². The molecule has 0 N–H and O–H groups in total. The highest BCUT2D eigenvalue weighted by molar-refractivity contribution is 5.78. The Morgan fingerprint density at radius 1 is 1.46 bits per heavy atom. The molecule has 0 saturated carbocycles. The van der Waals surface area contributed by atoms with Crippen molar-refractivity contribution in [1.29, 1.82) is 0 Å². The van der Waals surface area contributed by atoms with Gasteiger partial charge in [0.1, 0.15) is 11.6 Å². The van der Waals surface area contributed by atoms with E-state index in [-0.39, 0.29) is 31.2 Å². The van der Waals surface area contributed by atoms with Gasteiger partial charge in [0, 0.05) is 30.8 Å². The Balaban J connectivity index is 1.63. The number of nitrogens with zero attached hydrogens (tertiary/aromatic N) is 2. The normalized spacial score (nSPS) is 20.7. The predicted molar refractivity (Wildman–Crippen MR) is 85.0 cm³/mol. The summed E-state index contributed by atoms with van der Waals surface area (Å²) in [6, 6.07) is 2.89. The second-order valence-corrected chi connectivity index (χ2v) is 6.36. The molecule has 0 unspecified atom stereocenters. The van der Waals surface area contributed by atoms with E-state index in [4.69, 9.17) is 14.2 Å². The average molecular weight is 338 g/mol. The van der Waals surface area contributed by atoms with Gasteiger partial charge in [-0.2, -0.15) is 0 Å². The number of rotatable bonds is 4. The zero-order valence-corrected chi connectivity index (χ0v) is 14.1. The quantitative estimate of drug-likeness (QED) is 0.830. The molecule has 24 heavy (non-hydrogen) atoms. The van der Waals surface area contributed by atoms with Crippen LogP contribution in [0.5, 0.6) is 5.75 Å². The molecule has 1 aromatic rings. The van der Waals surface area contributed by atoms with Crippen LogP contribution in [-0.4, -0.2) is 61.9 Å². The minimum atomic E-state index is -0.320. The van der Waals surface area contributed by atoms with Crippen molar-refractivity contribution in [2.45, 2.75) is 26.2 Å². The number of halogens is 1. The summed E-state index contributed by atoms with van der Waals surface area (Å²) in [5.74, 6) is 0.406. The van der Waals surface area contributed by atoms with Gasteiger partial charge < -0.3 is 19.1 Å². The van der Waals surface area contributed by atoms with E-state index >= 15 is 0 Å². The first-order valence-corrected chi connectivity index (χ1v) is 8.12. The van der Waals surface area contributed by atoms with E-state index in [0.717, 1.165) is 5.56 Å². The first-order valence-electron chi connectivity index (χ1n) is 8.12. The molecule has 1 amide bonds. The number of hydrogen-bond acceptors (Lipinski definition) is 5. The van der Waals surface area contributed by atoms with Crippen LogP contribution in [0.25, 0.3) is 0 Å². The smallest absolute Gasteiger partial charge is 0.236 e. The molecule has 1 aromatic carbocycles. The van der Waals surface area contributed by atoms with Gasteiger partial charge in [-0.05, 0) is 26.1 Å². The van der Waals surface area contributed by atoms with Crippen molar-refractivity contribution in [2.75, 3.05) is 40.1 Å². The second kappa shape index (κ2) is 7.46. The van der Waals surface area contributed by atoms with E-state index in [1.54, 1.807) is 0 Å². The molecule has 2 aliphatic rings. The lowest BCUT2D eigenvalue weighted by Gasteiger charge is -2.32. The second-order valence-electron chi connectivity index (χ2n) is 6.36. The third-order valence-electron chi connectivity index (χ3n) is 4.19. The van der Waals surface area contributed by atoms with Crippen LogP contribution >= 0.6 is 0 Å². The molecule has 0 radical (unpaired) electrons. The number of benzene rings is 1. The van der Waals surface area contributed by atoms with Crippen molar-refractivity contribution in [3.63, 3.8) is 0 Å². The van der Waals surface area contributed by atoms with Crippen LogP contribution in [0.3, 0.4) is 0 Å². The van der Waals surface area contributed by atoms with Gasteiger partial charge in [0.2, 0.25) is 5.91 Å². The maximum absolute atomic E-state index is 13.8. The third-order valence-corrected chi connectivity index (χ3v) is 4.19. The maximum atomic E-state index is 13.8. The van der Waals surface area contributed by atoms with E-state index < -0.39 is 0 Å². The largest absolute Gasteiger partial charge is 0.467 e. The monoisotopic (exact) mass is 338 g/mol. The van der Waals surface area contributed by atoms with Gasteiger partial charge in [-0.25, -0.2) is 4.39 Å². The van der Waals surface area contributed by atoms with E-state index in [9.17, 15) is 9.18 Å². The van der Waals surface area contributed by atoms with Crippen molar-refractivity contribution >= 4 is 5.91 Å². The average Bonchev–Trinajstić information content (AvgIpc) is 2.54. The summed E-state index contributed by atoms with van der Waals surface area (Å²) in [6.45, 7) is 4.98. The Hall–Kier alpha value is -1.70. The van der Waals surface area contributed by atoms with E-state index in [2.05, 4.69) is 0 Å². The summed E-state index contributed by atoms with van der Waals surface area (Å²) in [5.41, 5.74) is 1.44. The molecule has 0 bridgehead atoms. The van der Waals surface area contributed by atoms with Crippen LogP contribution in [0.4, 0.5) is 4.39 Å². The SMILES string of the molecule is C[C@@H]1CN(C(=O)CN(C)Cc2cc(F)cc3c2OCOC3)CCO1. The summed E-state index contributed by atoms with van der Waals surface area (Å²) in [7, 11) is 1.85. The highest BCUT2D eigenvalue weighted by Gasteiger charge is 2.23. The number of fused-ring (bicyclic) bond motifs is 1. The number of ether oxygens (including phenoxy) is 3. The summed E-state index contributed by atoms with van der Waals surface area (Å²) < 4.78 is 29.9. The Bertz CT molecular complexity index is 610. The van der Waals surface area contributed by atoms with Crippen LogP contribution in [0.1, 0.15) is 18.1 Å². The van der Waals surface area contributed by atoms with E-state index in [0.29, 0.717) is 44.2 Å². The number of carbonyl (C=O) groups is 1. The van der Waals surface area contributed by atoms with Crippen LogP contribution in [0.15, 0.2) is 12.1 Å². The van der Waals surface area contributed by atoms with Crippen molar-refractivity contribution in [2.24, 2.45) is 0 Å². The molecule has 1 atom stereocenters. The number of hydrogen-bond donors (Lipinski definition) is 0. The first-order chi connectivity index (χ1) is 11.5. The van der Waals surface area contributed by atoms with E-state index in [1.807, 2.05) is 23.8 Å². The van der Waals surface area contributed by atoms with Crippen molar-refractivity contribution in [3.05, 3.63) is 29.1 Å². The fourth-order valence-electron chi connectivity index (χ4n) is 3.10. The molecule has 6 nitrogen and oxygen atoms in total. The molecule has 3 rings (SSSR count). The highest BCUT2D eigenvalue weighted by atomic mass is 19.1. The summed E-state index contributed by atoms with van der Waals surface area (Å²) in [4.78, 5) is 16.1. The molecular weight excluding hydrogens is 315 g/mol. The molecular formula is C17H23FN2O4. The molecule has 2 heterocycles. The molecule has 1 fully saturated rings. The van der Waals surface area contributed by atoms with Gasteiger partial charge in [-0.1, -0.05) is 0 Å². The number of amides is 1. The highest BCUT2D eigenvalue weighted by Crippen LogP contribution is 2.30. The van der Waals surface area contributed by atoms with Gasteiger partial charge in [-0.3, -0.25) is 9.69 Å². The Labute approximate surface area is 141 Å². The summed E-state index contributed by atoms with van der Waals surface area (Å²) >= 11 is 0. The van der Waals surface area contributed by atoms with Crippen LogP contribution in [-0.2, 0) is 27.4 Å². The zero-order chi connectivity index (χ0) is 17.1. The maximum Gasteiger partial charge on any atom is 0.236 e. The number of carbonyl (C=O) groups excluding carboxylic acids is 1. The lowest BCUT2D eigenvalue weighted by molar-refractivity contribution is -0.139. The predicted octanol–water partition coefficient (Wildman–Crippen LogP) is 1.37. The Kier molecular flexibility index (Phi) is 5.33. The lowest BCUT2D eigenvalue weighted by Crippen LogP contribution is -2.47. The summed E-state index contributed by atoms with van der Waals surface area (Å²) in [6.07, 6.45) is 0.0663. The van der Waals surface area contributed by atoms with E-state index in [1.165, 1.54) is 12.1 Å². The molecule has 0 spiro atoms. The van der Waals surface area contributed by atoms with Crippen LogP contribution in [0, 0.1) is 5.82 Å². The molecule has 7 heteroatoms. The number of morpholine rings is 1. The molecule has 1 saturated heterocycles. The summed E-state index contributed by atoms with van der Waals surface area (Å²) in [5, 5.41) is 0. The molecule has 2 aliphatic heterocycles. The lowest BCUT2D eigenvalue weighted by atomic mass is 10.1. The minimum Gasteiger partial charge on any atom is -0.467 e.